The van der Waals surface area contributed by atoms with E-state index in [4.69, 9.17) is 4.55 Å². The second-order valence-corrected chi connectivity index (χ2v) is 5.68. The summed E-state index contributed by atoms with van der Waals surface area (Å²) in [6.45, 7) is 1.97. The van der Waals surface area contributed by atoms with Gasteiger partial charge in [0.1, 0.15) is 0 Å². The zero-order valence-corrected chi connectivity index (χ0v) is 11.0. The van der Waals surface area contributed by atoms with Crippen LogP contribution in [0.15, 0.2) is 0 Å². The van der Waals surface area contributed by atoms with Crippen molar-refractivity contribution in [3.05, 3.63) is 0 Å². The summed E-state index contributed by atoms with van der Waals surface area (Å²) in [4.78, 5) is 0. The molecule has 0 amide bonds. The van der Waals surface area contributed by atoms with Crippen LogP contribution in [-0.2, 0) is 10.1 Å². The Hall–Kier alpha value is -0.370. The molecule has 18 heavy (non-hydrogen) atoms. The van der Waals surface area contributed by atoms with Crippen molar-refractivity contribution in [3.8, 4) is 0 Å². The van der Waals surface area contributed by atoms with Gasteiger partial charge in [0.2, 0.25) is 0 Å². The minimum absolute atomic E-state index is 0.207. The monoisotopic (exact) mass is 294 g/mol. The maximum Gasteiger partial charge on any atom is 0.431 e. The predicted molar refractivity (Wildman–Crippen MR) is 59.4 cm³/mol. The minimum atomic E-state index is -6.09. The van der Waals surface area contributed by atoms with E-state index in [1.165, 1.54) is 0 Å². The topological polar surface area (TPSA) is 54.4 Å². The summed E-state index contributed by atoms with van der Waals surface area (Å²) < 4.78 is 80.0. The standard InChI is InChI=1S/C10H18F4O3S/c1-2-3-4-5-6-7-8-9(11,12)10(13,14)18(15,16)17/h2-8H2,1H3,(H,15,16,17). The van der Waals surface area contributed by atoms with Gasteiger partial charge in [-0.3, -0.25) is 4.55 Å². The van der Waals surface area contributed by atoms with Crippen molar-refractivity contribution in [1.82, 2.24) is 0 Å². The van der Waals surface area contributed by atoms with Gasteiger partial charge in [0, 0.05) is 6.42 Å². The average Bonchev–Trinajstić information content (AvgIpc) is 2.21. The molecule has 0 aromatic heterocycles. The van der Waals surface area contributed by atoms with Gasteiger partial charge in [-0.25, -0.2) is 0 Å². The van der Waals surface area contributed by atoms with Crippen molar-refractivity contribution in [2.45, 2.75) is 63.0 Å². The molecule has 0 spiro atoms. The molecule has 0 rings (SSSR count). The number of halogens is 4. The van der Waals surface area contributed by atoms with Crippen LogP contribution >= 0.6 is 0 Å². The number of alkyl halides is 4. The van der Waals surface area contributed by atoms with E-state index in [1.54, 1.807) is 0 Å². The highest BCUT2D eigenvalue weighted by Gasteiger charge is 2.64. The van der Waals surface area contributed by atoms with Crippen LogP contribution in [0.1, 0.15) is 51.9 Å². The highest BCUT2D eigenvalue weighted by atomic mass is 32.2. The Morgan fingerprint density at radius 1 is 0.944 bits per heavy atom. The molecule has 3 nitrogen and oxygen atoms in total. The van der Waals surface area contributed by atoms with Crippen LogP contribution in [0, 0.1) is 0 Å². The van der Waals surface area contributed by atoms with Gasteiger partial charge in [0.25, 0.3) is 0 Å². The summed E-state index contributed by atoms with van der Waals surface area (Å²) in [5.74, 6) is -4.74. The molecule has 0 aromatic carbocycles. The molecule has 0 saturated heterocycles. The maximum atomic E-state index is 13.0. The molecule has 0 aliphatic heterocycles. The first-order chi connectivity index (χ1) is 8.06. The van der Waals surface area contributed by atoms with Crippen LogP contribution < -0.4 is 0 Å². The summed E-state index contributed by atoms with van der Waals surface area (Å²) in [6, 6.07) is 0. The molecule has 0 aromatic rings. The van der Waals surface area contributed by atoms with Gasteiger partial charge < -0.3 is 0 Å². The number of hydrogen-bond donors (Lipinski definition) is 1. The van der Waals surface area contributed by atoms with E-state index in [0.717, 1.165) is 19.3 Å². The molecule has 0 heterocycles. The average molecular weight is 294 g/mol. The van der Waals surface area contributed by atoms with Crippen LogP contribution in [0.2, 0.25) is 0 Å². The zero-order chi connectivity index (χ0) is 14.4. The van der Waals surface area contributed by atoms with Crippen molar-refractivity contribution in [2.75, 3.05) is 0 Å². The van der Waals surface area contributed by atoms with E-state index in [2.05, 4.69) is 0 Å². The SMILES string of the molecule is CCCCCCCCC(F)(F)C(F)(F)S(=O)(=O)O. The molecular weight excluding hydrogens is 276 g/mol. The molecule has 0 bridgehead atoms. The molecule has 0 aliphatic carbocycles. The first kappa shape index (κ1) is 17.6. The number of rotatable bonds is 9. The third-order valence-electron chi connectivity index (χ3n) is 2.59. The summed E-state index contributed by atoms with van der Waals surface area (Å²) in [6.07, 6.45) is 2.25. The Balaban J connectivity index is 4.24. The van der Waals surface area contributed by atoms with Gasteiger partial charge in [-0.1, -0.05) is 39.0 Å². The molecular formula is C10H18F4O3S. The molecule has 0 saturated carbocycles. The molecule has 1 N–H and O–H groups in total. The van der Waals surface area contributed by atoms with Gasteiger partial charge in [-0.2, -0.15) is 26.0 Å². The molecule has 0 aliphatic rings. The summed E-state index contributed by atoms with van der Waals surface area (Å²) in [5.41, 5.74) is 0. The number of unbranched alkanes of at least 4 members (excludes halogenated alkanes) is 5. The van der Waals surface area contributed by atoms with E-state index in [9.17, 15) is 26.0 Å². The first-order valence-corrected chi connectivity index (χ1v) is 7.23. The quantitative estimate of drug-likeness (QED) is 0.399. The van der Waals surface area contributed by atoms with Crippen LogP contribution in [-0.4, -0.2) is 24.1 Å². The maximum absolute atomic E-state index is 13.0. The lowest BCUT2D eigenvalue weighted by atomic mass is 10.1. The van der Waals surface area contributed by atoms with Gasteiger partial charge in [-0.05, 0) is 6.42 Å². The second kappa shape index (κ2) is 6.70. The Kier molecular flexibility index (Phi) is 6.56. The van der Waals surface area contributed by atoms with Crippen LogP contribution in [0.3, 0.4) is 0 Å². The lowest BCUT2D eigenvalue weighted by Gasteiger charge is -2.23. The second-order valence-electron chi connectivity index (χ2n) is 4.21. The number of hydrogen-bond acceptors (Lipinski definition) is 2. The Labute approximate surface area is 104 Å². The van der Waals surface area contributed by atoms with Crippen LogP contribution in [0.4, 0.5) is 17.6 Å². The molecule has 110 valence electrons. The summed E-state index contributed by atoms with van der Waals surface area (Å²) in [5, 5.41) is -5.43. The smallest absolute Gasteiger partial charge is 0.281 e. The fourth-order valence-electron chi connectivity index (χ4n) is 1.46. The van der Waals surface area contributed by atoms with Crippen molar-refractivity contribution >= 4 is 10.1 Å². The molecule has 0 fully saturated rings. The van der Waals surface area contributed by atoms with Crippen molar-refractivity contribution in [3.63, 3.8) is 0 Å². The highest BCUT2D eigenvalue weighted by Crippen LogP contribution is 2.41. The normalized spacial score (nSPS) is 13.9. The van der Waals surface area contributed by atoms with E-state index in [1.807, 2.05) is 6.92 Å². The summed E-state index contributed by atoms with van der Waals surface area (Å²) in [7, 11) is -6.09. The largest absolute Gasteiger partial charge is 0.431 e. The van der Waals surface area contributed by atoms with Crippen LogP contribution in [0.25, 0.3) is 0 Å². The summed E-state index contributed by atoms with van der Waals surface area (Å²) >= 11 is 0. The van der Waals surface area contributed by atoms with Gasteiger partial charge in [0.15, 0.2) is 0 Å². The van der Waals surface area contributed by atoms with Crippen molar-refractivity contribution in [1.29, 1.82) is 0 Å². The minimum Gasteiger partial charge on any atom is -0.281 e. The van der Waals surface area contributed by atoms with Gasteiger partial charge in [-0.15, -0.1) is 0 Å². The Morgan fingerprint density at radius 2 is 1.39 bits per heavy atom. The van der Waals surface area contributed by atoms with Crippen LogP contribution in [0.5, 0.6) is 0 Å². The molecule has 0 radical (unpaired) electrons. The Bertz CT molecular complexity index is 341. The third-order valence-corrected chi connectivity index (χ3v) is 3.54. The lowest BCUT2D eigenvalue weighted by Crippen LogP contribution is -2.46. The van der Waals surface area contributed by atoms with Gasteiger partial charge in [0.05, 0.1) is 0 Å². The fourth-order valence-corrected chi connectivity index (χ4v) is 1.94. The molecule has 0 atom stereocenters. The molecule has 0 unspecified atom stereocenters. The zero-order valence-electron chi connectivity index (χ0n) is 10.1. The third kappa shape index (κ3) is 4.72. The van der Waals surface area contributed by atoms with Gasteiger partial charge >= 0.3 is 21.3 Å². The highest BCUT2D eigenvalue weighted by molar-refractivity contribution is 7.87. The van der Waals surface area contributed by atoms with E-state index < -0.39 is 27.7 Å². The lowest BCUT2D eigenvalue weighted by molar-refractivity contribution is -0.164. The first-order valence-electron chi connectivity index (χ1n) is 5.79. The van der Waals surface area contributed by atoms with Crippen molar-refractivity contribution in [2.24, 2.45) is 0 Å². The van der Waals surface area contributed by atoms with E-state index >= 15 is 0 Å². The Morgan fingerprint density at radius 3 is 1.83 bits per heavy atom. The fraction of sp³-hybridized carbons (Fsp3) is 1.00. The van der Waals surface area contributed by atoms with E-state index in [0.29, 0.717) is 12.8 Å². The van der Waals surface area contributed by atoms with E-state index in [-0.39, 0.29) is 6.42 Å². The molecule has 8 heteroatoms. The predicted octanol–water partition coefficient (Wildman–Crippen LogP) is 3.85. The van der Waals surface area contributed by atoms with Crippen molar-refractivity contribution < 1.29 is 30.5 Å².